The molecule has 3 aliphatic heterocycles. The third-order valence-corrected chi connectivity index (χ3v) is 11.6. The predicted molar refractivity (Wildman–Crippen MR) is 209 cm³/mol. The summed E-state index contributed by atoms with van der Waals surface area (Å²) in [5.41, 5.74) is 5.62. The number of aliphatic hydroxyl groups is 2. The van der Waals surface area contributed by atoms with Gasteiger partial charge in [0.2, 0.25) is 0 Å². The predicted octanol–water partition coefficient (Wildman–Crippen LogP) is 7.52. The lowest BCUT2D eigenvalue weighted by molar-refractivity contribution is -0.110. The molecular formula is C40H63FN5O8P. The number of nitriles is 1. The number of aliphatic imine (C=N–C) groups is 1. The minimum atomic E-state index is -4.69. The SMILES string of the molecule is CCCCCCCCCCCCCCCCCC[C@@H](COP(=O)(O)OC[C@@]1(C)O[C@@H](C2CC=C3C(N)=NC=NN32)[C@H](O)[C@@H]1O)OCc1cc(F)cc(C#N)c1. The first kappa shape index (κ1) is 45.0. The number of nitrogens with zero attached hydrogens (tertiary/aromatic N) is 4. The fraction of sp³-hybridized carbons (Fsp3) is 0.725. The van der Waals surface area contributed by atoms with Crippen LogP contribution in [-0.4, -0.2) is 81.6 Å². The van der Waals surface area contributed by atoms with Gasteiger partial charge in [-0.05, 0) is 43.5 Å². The van der Waals surface area contributed by atoms with Crippen molar-refractivity contribution in [3.05, 3.63) is 46.9 Å². The Kier molecular flexibility index (Phi) is 18.7. The second kappa shape index (κ2) is 22.9. The van der Waals surface area contributed by atoms with E-state index in [2.05, 4.69) is 17.0 Å². The van der Waals surface area contributed by atoms with Crippen LogP contribution >= 0.6 is 7.82 Å². The van der Waals surface area contributed by atoms with Crippen LogP contribution in [0.3, 0.4) is 0 Å². The standard InChI is InChI=1S/C40H63FN5O8P/c1-3-4-5-6-7-8-9-10-11-12-13-14-15-16-17-18-19-33(51-26-31-22-30(25-42)23-32(41)24-31)27-52-55(49,50)53-28-40(2)38(48)36(47)37(54-40)34-20-21-35-39(43)44-29-45-46(34)35/h21-24,29,33-34,36-38,47-48H,3-20,26-28H2,1-2H3,(H,49,50)(H2,43,44,45)/t33-,34?,36-,37-,38-,40+/m0/s1. The summed E-state index contributed by atoms with van der Waals surface area (Å²) in [7, 11) is -4.69. The smallest absolute Gasteiger partial charge is 0.387 e. The van der Waals surface area contributed by atoms with Gasteiger partial charge in [-0.1, -0.05) is 116 Å². The van der Waals surface area contributed by atoms with Gasteiger partial charge in [0.1, 0.15) is 36.1 Å². The summed E-state index contributed by atoms with van der Waals surface area (Å²) in [6, 6.07) is 5.40. The molecule has 5 N–H and O–H groups in total. The number of amidine groups is 1. The van der Waals surface area contributed by atoms with Gasteiger partial charge in [-0.25, -0.2) is 13.9 Å². The molecule has 1 saturated heterocycles. The van der Waals surface area contributed by atoms with E-state index in [1.807, 2.05) is 12.1 Å². The summed E-state index contributed by atoms with van der Waals surface area (Å²) in [4.78, 5) is 14.6. The zero-order valence-corrected chi connectivity index (χ0v) is 33.6. The fourth-order valence-corrected chi connectivity index (χ4v) is 8.29. The van der Waals surface area contributed by atoms with Crippen molar-refractivity contribution in [1.29, 1.82) is 5.26 Å². The van der Waals surface area contributed by atoms with Crippen molar-refractivity contribution in [2.75, 3.05) is 13.2 Å². The van der Waals surface area contributed by atoms with Crippen molar-refractivity contribution in [3.63, 3.8) is 0 Å². The molecule has 55 heavy (non-hydrogen) atoms. The number of rotatable bonds is 27. The molecule has 3 aliphatic rings. The Hall–Kier alpha value is -2.73. The fourth-order valence-electron chi connectivity index (χ4n) is 7.45. The summed E-state index contributed by atoms with van der Waals surface area (Å²) in [5.74, 6) is -0.283. The summed E-state index contributed by atoms with van der Waals surface area (Å²) >= 11 is 0. The van der Waals surface area contributed by atoms with E-state index in [0.717, 1.165) is 31.7 Å². The van der Waals surface area contributed by atoms with Crippen LogP contribution in [0.4, 0.5) is 4.39 Å². The molecular weight excluding hydrogens is 728 g/mol. The zero-order chi connectivity index (χ0) is 39.7. The number of halogens is 1. The average molecular weight is 792 g/mol. The summed E-state index contributed by atoms with van der Waals surface area (Å²) in [5, 5.41) is 37.0. The first-order chi connectivity index (χ1) is 26.5. The van der Waals surface area contributed by atoms with Gasteiger partial charge in [0.25, 0.3) is 0 Å². The molecule has 13 nitrogen and oxygen atoms in total. The van der Waals surface area contributed by atoms with E-state index in [1.165, 1.54) is 102 Å². The largest absolute Gasteiger partial charge is 0.472 e. The van der Waals surface area contributed by atoms with E-state index in [-0.39, 0.29) is 24.6 Å². The van der Waals surface area contributed by atoms with Gasteiger partial charge in [0.05, 0.1) is 49.3 Å². The third kappa shape index (κ3) is 14.3. The molecule has 0 aliphatic carbocycles. The van der Waals surface area contributed by atoms with Crippen LogP contribution in [0.5, 0.6) is 0 Å². The van der Waals surface area contributed by atoms with Gasteiger partial charge in [-0.3, -0.25) is 14.1 Å². The highest BCUT2D eigenvalue weighted by atomic mass is 31.2. The maximum Gasteiger partial charge on any atom is 0.472 e. The Morgan fingerprint density at radius 2 is 1.64 bits per heavy atom. The lowest BCUT2D eigenvalue weighted by Gasteiger charge is -2.32. The van der Waals surface area contributed by atoms with Gasteiger partial charge in [-0.15, -0.1) is 0 Å². The zero-order valence-electron chi connectivity index (χ0n) is 32.7. The van der Waals surface area contributed by atoms with E-state index >= 15 is 0 Å². The number of hydrogen-bond donors (Lipinski definition) is 4. The minimum absolute atomic E-state index is 0.0242. The lowest BCUT2D eigenvalue weighted by Crippen LogP contribution is -2.46. The Morgan fingerprint density at radius 1 is 1.02 bits per heavy atom. The second-order valence-corrected chi connectivity index (χ2v) is 16.8. The van der Waals surface area contributed by atoms with Crippen LogP contribution in [0.25, 0.3) is 0 Å². The molecule has 1 aromatic rings. The topological polar surface area (TPSA) is 192 Å². The normalized spacial score (nSPS) is 25.0. The summed E-state index contributed by atoms with van der Waals surface area (Å²) < 4.78 is 50.0. The highest BCUT2D eigenvalue weighted by molar-refractivity contribution is 7.47. The molecule has 0 amide bonds. The van der Waals surface area contributed by atoms with Crippen molar-refractivity contribution in [1.82, 2.24) is 5.01 Å². The first-order valence-electron chi connectivity index (χ1n) is 20.3. The number of phosphoric acid groups is 1. The van der Waals surface area contributed by atoms with Crippen molar-refractivity contribution >= 4 is 20.0 Å². The highest BCUT2D eigenvalue weighted by Gasteiger charge is 2.56. The van der Waals surface area contributed by atoms with Crippen molar-refractivity contribution in [2.45, 2.75) is 172 Å². The molecule has 0 saturated carbocycles. The molecule has 4 rings (SSSR count). The van der Waals surface area contributed by atoms with E-state index in [9.17, 15) is 29.3 Å². The molecule has 3 heterocycles. The lowest BCUT2D eigenvalue weighted by atomic mass is 9.95. The molecule has 0 radical (unpaired) electrons. The van der Waals surface area contributed by atoms with Gasteiger partial charge in [0, 0.05) is 0 Å². The number of nitrogens with two attached hydrogens (primary N) is 1. The monoisotopic (exact) mass is 791 g/mol. The Labute approximate surface area is 326 Å². The van der Waals surface area contributed by atoms with Crippen LogP contribution in [0, 0.1) is 17.1 Å². The van der Waals surface area contributed by atoms with E-state index in [0.29, 0.717) is 24.1 Å². The number of unbranched alkanes of at least 4 members (excludes halogenated alkanes) is 15. The summed E-state index contributed by atoms with van der Waals surface area (Å²) in [6.45, 7) is 2.87. The molecule has 0 aromatic heterocycles. The number of fused-ring (bicyclic) bond motifs is 1. The number of hydrazone groups is 1. The quantitative estimate of drug-likeness (QED) is 0.0509. The van der Waals surface area contributed by atoms with Crippen molar-refractivity contribution in [2.24, 2.45) is 15.8 Å². The first-order valence-corrected chi connectivity index (χ1v) is 21.8. The van der Waals surface area contributed by atoms with Gasteiger partial charge in [-0.2, -0.15) is 10.4 Å². The van der Waals surface area contributed by atoms with Gasteiger partial charge >= 0.3 is 7.82 Å². The van der Waals surface area contributed by atoms with Crippen molar-refractivity contribution in [3.8, 4) is 6.07 Å². The Bertz CT molecular complexity index is 1520. The van der Waals surface area contributed by atoms with Crippen molar-refractivity contribution < 1.29 is 42.6 Å². The second-order valence-electron chi connectivity index (χ2n) is 15.3. The number of phosphoric ester groups is 1. The van der Waals surface area contributed by atoms with Gasteiger partial charge < -0.3 is 30.3 Å². The molecule has 0 bridgehead atoms. The molecule has 2 unspecified atom stereocenters. The van der Waals surface area contributed by atoms with Crippen LogP contribution in [0.1, 0.15) is 141 Å². The number of benzene rings is 1. The van der Waals surface area contributed by atoms with E-state index < -0.39 is 56.3 Å². The van der Waals surface area contributed by atoms with Crippen LogP contribution in [-0.2, 0) is 29.7 Å². The highest BCUT2D eigenvalue weighted by Crippen LogP contribution is 2.47. The van der Waals surface area contributed by atoms with E-state index in [1.54, 1.807) is 5.01 Å². The number of hydrogen-bond acceptors (Lipinski definition) is 12. The van der Waals surface area contributed by atoms with Crippen LogP contribution in [0.2, 0.25) is 0 Å². The minimum Gasteiger partial charge on any atom is -0.387 e. The Morgan fingerprint density at radius 3 is 2.25 bits per heavy atom. The van der Waals surface area contributed by atoms with E-state index in [4.69, 9.17) is 24.3 Å². The molecule has 1 fully saturated rings. The van der Waals surface area contributed by atoms with Crippen LogP contribution in [0.15, 0.2) is 40.1 Å². The maximum atomic E-state index is 14.1. The molecule has 1 aromatic carbocycles. The van der Waals surface area contributed by atoms with Gasteiger partial charge in [0.15, 0.2) is 5.84 Å². The van der Waals surface area contributed by atoms with Crippen LogP contribution < -0.4 is 5.73 Å². The number of aliphatic hydroxyl groups excluding tert-OH is 2. The maximum absolute atomic E-state index is 14.1. The third-order valence-electron chi connectivity index (χ3n) is 10.7. The Balaban J connectivity index is 1.20. The molecule has 15 heteroatoms. The summed E-state index contributed by atoms with van der Waals surface area (Å²) in [6.07, 6.45) is 19.5. The molecule has 0 spiro atoms. The number of ether oxygens (including phenoxy) is 2. The average Bonchev–Trinajstić information content (AvgIpc) is 3.70. The molecule has 308 valence electrons. The molecule has 7 atom stereocenters.